The number of para-hydroxylation sites is 1. The lowest BCUT2D eigenvalue weighted by molar-refractivity contribution is -0.141. The molecular formula is C39H43N3O4S. The Morgan fingerprint density at radius 3 is 2.30 bits per heavy atom. The summed E-state index contributed by atoms with van der Waals surface area (Å²) < 4.78 is -0.809. The number of hydrogen-bond acceptors (Lipinski definition) is 5. The molecule has 3 saturated heterocycles. The quantitative estimate of drug-likeness (QED) is 0.254. The number of likely N-dealkylation sites (tertiary alicyclic amines) is 1. The second-order valence-electron chi connectivity index (χ2n) is 12.9. The Kier molecular flexibility index (Phi) is 9.44. The molecule has 3 aliphatic heterocycles. The molecule has 3 aliphatic rings. The highest BCUT2D eigenvalue weighted by Gasteiger charge is 2.74. The van der Waals surface area contributed by atoms with Crippen LogP contribution in [0.15, 0.2) is 104 Å². The number of rotatable bonds is 12. The molecule has 0 radical (unpaired) electrons. The van der Waals surface area contributed by atoms with E-state index in [1.54, 1.807) is 38.6 Å². The summed E-state index contributed by atoms with van der Waals surface area (Å²) >= 11 is 1.64. The molecule has 1 spiro atoms. The minimum absolute atomic E-state index is 0.0970. The van der Waals surface area contributed by atoms with Crippen molar-refractivity contribution in [3.63, 3.8) is 0 Å². The normalized spacial score (nSPS) is 24.9. The van der Waals surface area contributed by atoms with Crippen molar-refractivity contribution in [3.8, 4) is 0 Å². The molecule has 0 aromatic heterocycles. The van der Waals surface area contributed by atoms with Crippen LogP contribution in [0.5, 0.6) is 0 Å². The van der Waals surface area contributed by atoms with Gasteiger partial charge in [0, 0.05) is 29.7 Å². The van der Waals surface area contributed by atoms with E-state index in [9.17, 15) is 14.7 Å². The van der Waals surface area contributed by atoms with Crippen LogP contribution in [0, 0.1) is 25.7 Å². The predicted octanol–water partition coefficient (Wildman–Crippen LogP) is 5.74. The maximum Gasteiger partial charge on any atom is 0.251 e. The lowest BCUT2D eigenvalue weighted by atomic mass is 9.70. The number of amides is 3. The van der Waals surface area contributed by atoms with Gasteiger partial charge in [-0.25, -0.2) is 0 Å². The lowest BCUT2D eigenvalue weighted by Crippen LogP contribution is -2.58. The van der Waals surface area contributed by atoms with E-state index in [-0.39, 0.29) is 36.1 Å². The van der Waals surface area contributed by atoms with Crippen LogP contribution in [-0.4, -0.2) is 69.5 Å². The average Bonchev–Trinajstić information content (AvgIpc) is 3.74. The van der Waals surface area contributed by atoms with Crippen molar-refractivity contribution in [3.05, 3.63) is 121 Å². The molecule has 8 heteroatoms. The van der Waals surface area contributed by atoms with Crippen LogP contribution < -0.4 is 9.80 Å². The molecule has 2 unspecified atom stereocenters. The van der Waals surface area contributed by atoms with Gasteiger partial charge in [-0.1, -0.05) is 72.8 Å². The van der Waals surface area contributed by atoms with Gasteiger partial charge in [0.2, 0.25) is 11.8 Å². The predicted molar refractivity (Wildman–Crippen MR) is 189 cm³/mol. The monoisotopic (exact) mass is 649 g/mol. The molecule has 3 aromatic rings. The second-order valence-corrected chi connectivity index (χ2v) is 14.5. The van der Waals surface area contributed by atoms with Crippen LogP contribution in [0.2, 0.25) is 0 Å². The maximum atomic E-state index is 15.2. The van der Waals surface area contributed by atoms with Crippen LogP contribution in [-0.2, 0) is 20.8 Å². The van der Waals surface area contributed by atoms with Crippen molar-refractivity contribution in [2.24, 2.45) is 11.8 Å². The summed E-state index contributed by atoms with van der Waals surface area (Å²) in [5.74, 6) is -1.85. The van der Waals surface area contributed by atoms with Gasteiger partial charge < -0.3 is 19.8 Å². The van der Waals surface area contributed by atoms with Crippen LogP contribution in [0.3, 0.4) is 0 Å². The number of nitrogens with zero attached hydrogens (tertiary/aromatic N) is 3. The molecule has 6 atom stereocenters. The third-order valence-corrected chi connectivity index (χ3v) is 12.0. The Balaban J connectivity index is 1.46. The fourth-order valence-corrected chi connectivity index (χ4v) is 10.2. The Bertz CT molecular complexity index is 1660. The second kappa shape index (κ2) is 13.5. The molecule has 47 heavy (non-hydrogen) atoms. The molecular weight excluding hydrogens is 607 g/mol. The number of aryl methyl sites for hydroxylation is 2. The van der Waals surface area contributed by atoms with Crippen LogP contribution in [0.25, 0.3) is 0 Å². The van der Waals surface area contributed by atoms with Gasteiger partial charge in [-0.15, -0.1) is 24.9 Å². The van der Waals surface area contributed by atoms with Gasteiger partial charge in [-0.05, 0) is 68.0 Å². The first-order valence-corrected chi connectivity index (χ1v) is 17.2. The number of aliphatic hydroxyl groups excluding tert-OH is 1. The Labute approximate surface area is 281 Å². The SMILES string of the molecule is C=CCN(C(=O)[C@@H]1[C@H]2C(=O)N([C@@H](CO)Cc3ccccc3)C(C(=O)N(CC=C)c3cc(C)ccc3C)C23CC[C@H]1S3)c1ccccc1. The summed E-state index contributed by atoms with van der Waals surface area (Å²) in [5, 5.41) is 10.8. The third kappa shape index (κ3) is 5.72. The summed E-state index contributed by atoms with van der Waals surface area (Å²) in [6.07, 6.45) is 5.17. The van der Waals surface area contributed by atoms with Gasteiger partial charge in [0.15, 0.2) is 0 Å². The Morgan fingerprint density at radius 2 is 1.64 bits per heavy atom. The number of fused-ring (bicyclic) bond motifs is 1. The Hall–Kier alpha value is -4.14. The van der Waals surface area contributed by atoms with Crippen molar-refractivity contribution in [1.29, 1.82) is 0 Å². The molecule has 7 nitrogen and oxygen atoms in total. The van der Waals surface area contributed by atoms with E-state index >= 15 is 4.79 Å². The maximum absolute atomic E-state index is 15.2. The van der Waals surface area contributed by atoms with Gasteiger partial charge in [-0.3, -0.25) is 14.4 Å². The average molecular weight is 650 g/mol. The summed E-state index contributed by atoms with van der Waals surface area (Å²) in [5.41, 5.74) is 4.45. The zero-order valence-electron chi connectivity index (χ0n) is 27.1. The fourth-order valence-electron chi connectivity index (χ4n) is 8.02. The third-order valence-electron chi connectivity index (χ3n) is 10.1. The summed E-state index contributed by atoms with van der Waals surface area (Å²) in [6.45, 7) is 12.1. The van der Waals surface area contributed by atoms with E-state index in [2.05, 4.69) is 13.2 Å². The standard InChI is InChI=1S/C39H43N3O4S/c1-5-21-40(29-15-11-8-12-16-29)36(44)33-32-19-20-39(47-32)34(33)37(45)42(30(25-43)24-28-13-9-7-10-14-28)35(39)38(46)41(22-6-2)31-23-26(3)17-18-27(31)4/h5-18,23,30,32-35,43H,1-2,19-22,24-25H2,3-4H3/t30-,32-,33+,34+,35?,39?/m1/s1. The zero-order valence-corrected chi connectivity index (χ0v) is 27.9. The van der Waals surface area contributed by atoms with E-state index in [0.717, 1.165) is 34.5 Å². The van der Waals surface area contributed by atoms with Crippen molar-refractivity contribution in [2.75, 3.05) is 29.5 Å². The lowest BCUT2D eigenvalue weighted by Gasteiger charge is -2.40. The summed E-state index contributed by atoms with van der Waals surface area (Å²) in [6, 6.07) is 23.7. The first kappa shape index (κ1) is 32.8. The van der Waals surface area contributed by atoms with E-state index in [1.165, 1.54) is 0 Å². The van der Waals surface area contributed by atoms with Gasteiger partial charge in [-0.2, -0.15) is 0 Å². The number of carbonyl (C=O) groups excluding carboxylic acids is 3. The number of anilines is 2. The number of benzene rings is 3. The van der Waals surface area contributed by atoms with Gasteiger partial charge in [0.05, 0.1) is 29.2 Å². The van der Waals surface area contributed by atoms with Crippen LogP contribution in [0.4, 0.5) is 11.4 Å². The summed E-state index contributed by atoms with van der Waals surface area (Å²) in [7, 11) is 0. The summed E-state index contributed by atoms with van der Waals surface area (Å²) in [4.78, 5) is 49.9. The van der Waals surface area contributed by atoms with Gasteiger partial charge >= 0.3 is 0 Å². The molecule has 3 aromatic carbocycles. The largest absolute Gasteiger partial charge is 0.394 e. The topological polar surface area (TPSA) is 81.2 Å². The number of hydrogen-bond donors (Lipinski definition) is 1. The van der Waals surface area contributed by atoms with E-state index in [4.69, 9.17) is 0 Å². The molecule has 6 rings (SSSR count). The molecule has 2 bridgehead atoms. The first-order valence-electron chi connectivity index (χ1n) is 16.4. The van der Waals surface area contributed by atoms with Crippen molar-refractivity contribution >= 4 is 40.9 Å². The van der Waals surface area contributed by atoms with Crippen molar-refractivity contribution in [1.82, 2.24) is 4.90 Å². The van der Waals surface area contributed by atoms with Gasteiger partial charge in [0.25, 0.3) is 5.91 Å². The molecule has 1 N–H and O–H groups in total. The highest BCUT2D eigenvalue weighted by atomic mass is 32.2. The first-order chi connectivity index (χ1) is 22.7. The van der Waals surface area contributed by atoms with Gasteiger partial charge in [0.1, 0.15) is 6.04 Å². The molecule has 244 valence electrons. The highest BCUT2D eigenvalue weighted by molar-refractivity contribution is 8.02. The molecule has 3 fully saturated rings. The van der Waals surface area contributed by atoms with Crippen molar-refractivity contribution in [2.45, 2.75) is 55.2 Å². The minimum atomic E-state index is -0.863. The molecule has 0 aliphatic carbocycles. The minimum Gasteiger partial charge on any atom is -0.394 e. The molecule has 3 amide bonds. The van der Waals surface area contributed by atoms with E-state index in [1.807, 2.05) is 92.7 Å². The van der Waals surface area contributed by atoms with Crippen LogP contribution >= 0.6 is 11.8 Å². The number of thioether (sulfide) groups is 1. The van der Waals surface area contributed by atoms with Crippen LogP contribution in [0.1, 0.15) is 29.5 Å². The van der Waals surface area contributed by atoms with E-state index in [0.29, 0.717) is 19.4 Å². The zero-order chi connectivity index (χ0) is 33.3. The number of aliphatic hydroxyl groups is 1. The molecule has 3 heterocycles. The van der Waals surface area contributed by atoms with E-state index < -0.39 is 28.7 Å². The smallest absolute Gasteiger partial charge is 0.251 e. The fraction of sp³-hybridized carbons (Fsp3) is 0.359. The molecule has 0 saturated carbocycles. The number of carbonyl (C=O) groups is 3. The Morgan fingerprint density at radius 1 is 0.979 bits per heavy atom. The highest BCUT2D eigenvalue weighted by Crippen LogP contribution is 2.67. The van der Waals surface area contributed by atoms with Crippen molar-refractivity contribution < 1.29 is 19.5 Å².